The lowest BCUT2D eigenvalue weighted by atomic mass is 9.96. The van der Waals surface area contributed by atoms with E-state index in [1.165, 1.54) is 12.8 Å². The molecule has 2 fully saturated rings. The van der Waals surface area contributed by atoms with Crippen molar-refractivity contribution in [3.63, 3.8) is 0 Å². The lowest BCUT2D eigenvalue weighted by molar-refractivity contribution is -0.161. The Bertz CT molecular complexity index is 258. The van der Waals surface area contributed by atoms with Crippen LogP contribution in [-0.4, -0.2) is 35.6 Å². The van der Waals surface area contributed by atoms with Gasteiger partial charge in [0.05, 0.1) is 5.92 Å². The third-order valence-electron chi connectivity index (χ3n) is 3.33. The molecule has 0 amide bonds. The van der Waals surface area contributed by atoms with Gasteiger partial charge in [0, 0.05) is 6.04 Å². The molecule has 92 valence electrons. The smallest absolute Gasteiger partial charge is 0.309 e. The second-order valence-electron chi connectivity index (χ2n) is 6.07. The Kier molecular flexibility index (Phi) is 3.24. The molecule has 0 radical (unpaired) electrons. The van der Waals surface area contributed by atoms with E-state index in [9.17, 15) is 4.79 Å². The first-order valence-electron chi connectivity index (χ1n) is 6.42. The maximum Gasteiger partial charge on any atom is 0.309 e. The van der Waals surface area contributed by atoms with Crippen LogP contribution in [0.25, 0.3) is 0 Å². The Morgan fingerprint density at radius 2 is 1.69 bits per heavy atom. The molecule has 0 aromatic carbocycles. The molecular weight excluding hydrogens is 202 g/mol. The largest absolute Gasteiger partial charge is 0.460 e. The predicted molar refractivity (Wildman–Crippen MR) is 63.2 cm³/mol. The summed E-state index contributed by atoms with van der Waals surface area (Å²) in [6, 6.07) is 0.833. The topological polar surface area (TPSA) is 29.5 Å². The third-order valence-corrected chi connectivity index (χ3v) is 3.33. The minimum absolute atomic E-state index is 0.00273. The van der Waals surface area contributed by atoms with Crippen LogP contribution in [0.4, 0.5) is 0 Å². The van der Waals surface area contributed by atoms with E-state index in [0.717, 1.165) is 32.0 Å². The third kappa shape index (κ3) is 3.21. The Morgan fingerprint density at radius 3 is 2.12 bits per heavy atom. The number of hydrogen-bond acceptors (Lipinski definition) is 3. The summed E-state index contributed by atoms with van der Waals surface area (Å²) in [7, 11) is 0. The van der Waals surface area contributed by atoms with Crippen molar-refractivity contribution in [1.29, 1.82) is 0 Å². The van der Waals surface area contributed by atoms with Crippen LogP contribution >= 0.6 is 0 Å². The van der Waals surface area contributed by atoms with Gasteiger partial charge in [-0.25, -0.2) is 0 Å². The highest BCUT2D eigenvalue weighted by Gasteiger charge is 2.34. The van der Waals surface area contributed by atoms with E-state index in [-0.39, 0.29) is 17.5 Å². The summed E-state index contributed by atoms with van der Waals surface area (Å²) in [6.45, 7) is 7.96. The summed E-state index contributed by atoms with van der Waals surface area (Å²) >= 11 is 0. The quantitative estimate of drug-likeness (QED) is 0.675. The van der Waals surface area contributed by atoms with Gasteiger partial charge in [0.15, 0.2) is 0 Å². The first-order chi connectivity index (χ1) is 7.46. The number of carbonyl (C=O) groups excluding carboxylic acids is 1. The molecule has 1 saturated carbocycles. The van der Waals surface area contributed by atoms with E-state index >= 15 is 0 Å². The normalized spacial score (nSPS) is 24.4. The first kappa shape index (κ1) is 11.9. The Labute approximate surface area is 98.1 Å². The van der Waals surface area contributed by atoms with Crippen LogP contribution in [0.5, 0.6) is 0 Å². The van der Waals surface area contributed by atoms with Crippen molar-refractivity contribution < 1.29 is 9.53 Å². The van der Waals surface area contributed by atoms with Crippen molar-refractivity contribution in [2.24, 2.45) is 5.92 Å². The number of ether oxygens (including phenoxy) is 1. The van der Waals surface area contributed by atoms with Crippen molar-refractivity contribution in [1.82, 2.24) is 4.90 Å². The molecule has 0 aromatic heterocycles. The summed E-state index contributed by atoms with van der Waals surface area (Å²) in [5.74, 6) is 0.136. The van der Waals surface area contributed by atoms with Crippen molar-refractivity contribution in [2.45, 2.75) is 58.1 Å². The monoisotopic (exact) mass is 225 g/mol. The second-order valence-corrected chi connectivity index (χ2v) is 6.07. The zero-order chi connectivity index (χ0) is 11.8. The molecule has 0 bridgehead atoms. The van der Waals surface area contributed by atoms with Gasteiger partial charge in [-0.3, -0.25) is 4.79 Å². The minimum Gasteiger partial charge on any atom is -0.460 e. The Balaban J connectivity index is 1.77. The van der Waals surface area contributed by atoms with E-state index < -0.39 is 0 Å². The van der Waals surface area contributed by atoms with Gasteiger partial charge in [-0.2, -0.15) is 0 Å². The molecule has 0 unspecified atom stereocenters. The molecule has 0 atom stereocenters. The van der Waals surface area contributed by atoms with E-state index in [1.807, 2.05) is 20.8 Å². The molecule has 3 heteroatoms. The number of hydrogen-bond donors (Lipinski definition) is 0. The predicted octanol–water partition coefficient (Wildman–Crippen LogP) is 2.20. The van der Waals surface area contributed by atoms with E-state index in [2.05, 4.69) is 4.90 Å². The number of esters is 1. The molecule has 1 aliphatic carbocycles. The fraction of sp³-hybridized carbons (Fsp3) is 0.923. The number of likely N-dealkylation sites (tertiary alicyclic amines) is 1. The molecule has 1 aliphatic heterocycles. The van der Waals surface area contributed by atoms with Crippen LogP contribution < -0.4 is 0 Å². The molecule has 0 aromatic rings. The van der Waals surface area contributed by atoms with Crippen molar-refractivity contribution >= 4 is 5.97 Å². The molecule has 3 nitrogen and oxygen atoms in total. The molecule has 1 saturated heterocycles. The molecule has 2 rings (SSSR count). The Hall–Kier alpha value is -0.570. The minimum atomic E-state index is -0.343. The van der Waals surface area contributed by atoms with Gasteiger partial charge in [-0.1, -0.05) is 0 Å². The average molecular weight is 225 g/mol. The van der Waals surface area contributed by atoms with Gasteiger partial charge in [0.25, 0.3) is 0 Å². The number of piperidine rings is 1. The summed E-state index contributed by atoms with van der Waals surface area (Å²) < 4.78 is 5.43. The van der Waals surface area contributed by atoms with E-state index in [1.54, 1.807) is 0 Å². The zero-order valence-electron chi connectivity index (χ0n) is 10.7. The highest BCUT2D eigenvalue weighted by Crippen LogP contribution is 2.31. The molecular formula is C13H23NO2. The van der Waals surface area contributed by atoms with E-state index in [4.69, 9.17) is 4.74 Å². The van der Waals surface area contributed by atoms with Gasteiger partial charge in [-0.15, -0.1) is 0 Å². The van der Waals surface area contributed by atoms with Crippen LogP contribution in [0.2, 0.25) is 0 Å². The van der Waals surface area contributed by atoms with Crippen LogP contribution in [0, 0.1) is 5.92 Å². The lowest BCUT2D eigenvalue weighted by Crippen LogP contribution is -2.39. The molecule has 1 heterocycles. The van der Waals surface area contributed by atoms with Gasteiger partial charge >= 0.3 is 5.97 Å². The highest BCUT2D eigenvalue weighted by atomic mass is 16.6. The summed E-state index contributed by atoms with van der Waals surface area (Å²) in [5, 5.41) is 0. The van der Waals surface area contributed by atoms with Crippen LogP contribution in [0.1, 0.15) is 46.5 Å². The van der Waals surface area contributed by atoms with Gasteiger partial charge < -0.3 is 9.64 Å². The molecule has 2 aliphatic rings. The number of rotatable bonds is 2. The molecule has 16 heavy (non-hydrogen) atoms. The highest BCUT2D eigenvalue weighted by molar-refractivity contribution is 5.73. The maximum atomic E-state index is 11.9. The summed E-state index contributed by atoms with van der Waals surface area (Å²) in [6.07, 6.45) is 4.67. The summed E-state index contributed by atoms with van der Waals surface area (Å²) in [5.41, 5.74) is -0.343. The molecule has 0 N–H and O–H groups in total. The summed E-state index contributed by atoms with van der Waals surface area (Å²) in [4.78, 5) is 14.4. The number of nitrogens with zero attached hydrogens (tertiary/aromatic N) is 1. The van der Waals surface area contributed by atoms with Crippen molar-refractivity contribution in [3.8, 4) is 0 Å². The standard InChI is InChI=1S/C13H23NO2/c1-13(2,3)16-12(15)10-6-8-14(9-7-10)11-4-5-11/h10-11H,4-9H2,1-3H3. The second kappa shape index (κ2) is 4.36. The van der Waals surface area contributed by atoms with Crippen LogP contribution in [-0.2, 0) is 9.53 Å². The van der Waals surface area contributed by atoms with Crippen molar-refractivity contribution in [3.05, 3.63) is 0 Å². The SMILES string of the molecule is CC(C)(C)OC(=O)C1CCN(C2CC2)CC1. The molecule has 0 spiro atoms. The average Bonchev–Trinajstić information content (AvgIpc) is 2.98. The Morgan fingerprint density at radius 1 is 1.12 bits per heavy atom. The van der Waals surface area contributed by atoms with Gasteiger partial charge in [0.2, 0.25) is 0 Å². The zero-order valence-corrected chi connectivity index (χ0v) is 10.7. The lowest BCUT2D eigenvalue weighted by Gasteiger charge is -2.32. The fourth-order valence-electron chi connectivity index (χ4n) is 2.33. The van der Waals surface area contributed by atoms with Crippen LogP contribution in [0.15, 0.2) is 0 Å². The van der Waals surface area contributed by atoms with E-state index in [0.29, 0.717) is 0 Å². The fourth-order valence-corrected chi connectivity index (χ4v) is 2.33. The van der Waals surface area contributed by atoms with Crippen molar-refractivity contribution in [2.75, 3.05) is 13.1 Å². The number of carbonyl (C=O) groups is 1. The first-order valence-corrected chi connectivity index (χ1v) is 6.42. The van der Waals surface area contributed by atoms with Crippen LogP contribution in [0.3, 0.4) is 0 Å². The van der Waals surface area contributed by atoms with Gasteiger partial charge in [0.1, 0.15) is 5.60 Å². The van der Waals surface area contributed by atoms with Gasteiger partial charge in [-0.05, 0) is 59.5 Å². The maximum absolute atomic E-state index is 11.9.